The van der Waals surface area contributed by atoms with Gasteiger partial charge in [0.1, 0.15) is 11.8 Å². The van der Waals surface area contributed by atoms with Gasteiger partial charge in [0, 0.05) is 17.1 Å². The number of carboxylic acids is 2. The Morgan fingerprint density at radius 1 is 1.27 bits per heavy atom. The number of H-pyrrole nitrogens is 1. The zero-order valence-electron chi connectivity index (χ0n) is 11.8. The fourth-order valence-electron chi connectivity index (χ4n) is 1.80. The van der Waals surface area contributed by atoms with Crippen LogP contribution in [-0.2, 0) is 16.0 Å². The monoisotopic (exact) mass is 309 g/mol. The Balaban J connectivity index is 0.000000239. The van der Waals surface area contributed by atoms with Crippen LogP contribution < -0.4 is 11.5 Å². The number of phenols is 1. The Morgan fingerprint density at radius 2 is 1.95 bits per heavy atom. The fraction of sp³-hybridized carbons (Fsp3) is 0.286. The maximum Gasteiger partial charge on any atom is 0.321 e. The molecule has 2 rings (SSSR count). The molecule has 1 atom stereocenters. The lowest BCUT2D eigenvalue weighted by atomic mass is 10.1. The van der Waals surface area contributed by atoms with Gasteiger partial charge < -0.3 is 31.8 Å². The molecule has 1 heterocycles. The lowest BCUT2D eigenvalue weighted by Crippen LogP contribution is -2.32. The zero-order valence-corrected chi connectivity index (χ0v) is 11.8. The van der Waals surface area contributed by atoms with Crippen molar-refractivity contribution in [1.82, 2.24) is 4.98 Å². The SMILES string of the molecule is NC(CC(=O)O)C(=O)O.NCCc1c[nH]c2ccc(O)cc12. The van der Waals surface area contributed by atoms with Crippen LogP contribution in [0.2, 0.25) is 0 Å². The van der Waals surface area contributed by atoms with Gasteiger partial charge in [-0.1, -0.05) is 0 Å². The number of phenolic OH excluding ortho intramolecular Hbond substituents is 1. The Kier molecular flexibility index (Phi) is 6.36. The number of nitrogens with two attached hydrogens (primary N) is 2. The number of fused-ring (bicyclic) bond motifs is 1. The quantitative estimate of drug-likeness (QED) is 0.461. The number of hydrogen-bond acceptors (Lipinski definition) is 5. The van der Waals surface area contributed by atoms with Crippen molar-refractivity contribution in [2.45, 2.75) is 18.9 Å². The highest BCUT2D eigenvalue weighted by Crippen LogP contribution is 2.22. The zero-order chi connectivity index (χ0) is 16.7. The summed E-state index contributed by atoms with van der Waals surface area (Å²) < 4.78 is 0. The number of aliphatic carboxylic acids is 2. The number of benzene rings is 1. The Bertz CT molecular complexity index is 653. The summed E-state index contributed by atoms with van der Waals surface area (Å²) in [6.45, 7) is 0.628. The fourth-order valence-corrected chi connectivity index (χ4v) is 1.80. The molecule has 8 N–H and O–H groups in total. The average Bonchev–Trinajstić information content (AvgIpc) is 2.82. The van der Waals surface area contributed by atoms with Crippen LogP contribution in [-0.4, -0.2) is 44.8 Å². The average molecular weight is 309 g/mol. The van der Waals surface area contributed by atoms with Gasteiger partial charge in [0.15, 0.2) is 0 Å². The van der Waals surface area contributed by atoms with Crippen LogP contribution in [0.5, 0.6) is 5.75 Å². The smallest absolute Gasteiger partial charge is 0.321 e. The molecule has 0 amide bonds. The van der Waals surface area contributed by atoms with Crippen LogP contribution in [0, 0.1) is 0 Å². The molecule has 0 radical (unpaired) electrons. The van der Waals surface area contributed by atoms with Crippen LogP contribution in [0.1, 0.15) is 12.0 Å². The van der Waals surface area contributed by atoms with E-state index in [1.807, 2.05) is 12.3 Å². The molecule has 2 aromatic rings. The molecule has 0 aliphatic heterocycles. The predicted octanol–water partition coefficient (Wildman–Crippen LogP) is 0.248. The highest BCUT2D eigenvalue weighted by Gasteiger charge is 2.14. The number of aromatic nitrogens is 1. The lowest BCUT2D eigenvalue weighted by molar-refractivity contribution is -0.144. The highest BCUT2D eigenvalue weighted by molar-refractivity contribution is 5.84. The van der Waals surface area contributed by atoms with E-state index in [1.54, 1.807) is 12.1 Å². The van der Waals surface area contributed by atoms with Gasteiger partial charge >= 0.3 is 11.9 Å². The number of carbonyl (C=O) groups is 2. The van der Waals surface area contributed by atoms with E-state index in [4.69, 9.17) is 21.7 Å². The van der Waals surface area contributed by atoms with Crippen LogP contribution >= 0.6 is 0 Å². The van der Waals surface area contributed by atoms with Gasteiger partial charge in [0.25, 0.3) is 0 Å². The van der Waals surface area contributed by atoms with E-state index in [1.165, 1.54) is 0 Å². The maximum absolute atomic E-state index is 9.85. The first-order valence-electron chi connectivity index (χ1n) is 6.54. The summed E-state index contributed by atoms with van der Waals surface area (Å²) in [5.41, 5.74) is 12.5. The summed E-state index contributed by atoms with van der Waals surface area (Å²) in [7, 11) is 0. The number of hydrogen-bond donors (Lipinski definition) is 6. The Labute approximate surface area is 126 Å². The second-order valence-electron chi connectivity index (χ2n) is 4.63. The van der Waals surface area contributed by atoms with E-state index in [-0.39, 0.29) is 0 Å². The van der Waals surface area contributed by atoms with Gasteiger partial charge in [-0.3, -0.25) is 9.59 Å². The van der Waals surface area contributed by atoms with Crippen LogP contribution in [0.3, 0.4) is 0 Å². The van der Waals surface area contributed by atoms with Crippen molar-refractivity contribution in [3.8, 4) is 5.75 Å². The van der Waals surface area contributed by atoms with E-state index in [9.17, 15) is 14.7 Å². The molecule has 0 saturated heterocycles. The summed E-state index contributed by atoms with van der Waals surface area (Å²) in [6, 6.07) is 4.01. The third kappa shape index (κ3) is 5.08. The summed E-state index contributed by atoms with van der Waals surface area (Å²) in [6.07, 6.45) is 2.25. The molecule has 0 spiro atoms. The van der Waals surface area contributed by atoms with E-state index in [0.29, 0.717) is 12.3 Å². The van der Waals surface area contributed by atoms with Crippen LogP contribution in [0.25, 0.3) is 10.9 Å². The van der Waals surface area contributed by atoms with Crippen molar-refractivity contribution in [2.24, 2.45) is 11.5 Å². The van der Waals surface area contributed by atoms with Gasteiger partial charge in [-0.05, 0) is 36.7 Å². The maximum atomic E-state index is 9.85. The Morgan fingerprint density at radius 3 is 2.45 bits per heavy atom. The molecule has 0 saturated carbocycles. The molecule has 0 aliphatic rings. The minimum Gasteiger partial charge on any atom is -0.508 e. The van der Waals surface area contributed by atoms with Crippen molar-refractivity contribution in [3.63, 3.8) is 0 Å². The first-order valence-corrected chi connectivity index (χ1v) is 6.54. The lowest BCUT2D eigenvalue weighted by Gasteiger charge is -1.99. The number of rotatable bonds is 5. The number of aromatic amines is 1. The van der Waals surface area contributed by atoms with Crippen LogP contribution in [0.15, 0.2) is 24.4 Å². The molecule has 1 aromatic heterocycles. The summed E-state index contributed by atoms with van der Waals surface area (Å²) in [5.74, 6) is -2.20. The molecular weight excluding hydrogens is 290 g/mol. The second kappa shape index (κ2) is 8.01. The van der Waals surface area contributed by atoms with Crippen molar-refractivity contribution < 1.29 is 24.9 Å². The molecule has 22 heavy (non-hydrogen) atoms. The normalized spacial score (nSPS) is 11.5. The molecule has 1 aromatic carbocycles. The third-order valence-corrected chi connectivity index (χ3v) is 2.88. The molecule has 8 nitrogen and oxygen atoms in total. The molecule has 8 heteroatoms. The standard InChI is InChI=1S/C10H12N2O.C4H7NO4/c11-4-3-7-6-12-10-2-1-8(13)5-9(7)10;5-2(4(8)9)1-3(6)7/h1-2,5-6,12-13H,3-4,11H2;2H,1,5H2,(H,6,7)(H,8,9). The van der Waals surface area contributed by atoms with Gasteiger partial charge in [-0.25, -0.2) is 0 Å². The van der Waals surface area contributed by atoms with Gasteiger partial charge in [0.05, 0.1) is 6.42 Å². The van der Waals surface area contributed by atoms with E-state index >= 15 is 0 Å². The minimum absolute atomic E-state index is 0.297. The molecule has 120 valence electrons. The van der Waals surface area contributed by atoms with Crippen molar-refractivity contribution >= 4 is 22.8 Å². The van der Waals surface area contributed by atoms with E-state index < -0.39 is 24.4 Å². The second-order valence-corrected chi connectivity index (χ2v) is 4.63. The third-order valence-electron chi connectivity index (χ3n) is 2.88. The van der Waals surface area contributed by atoms with Crippen LogP contribution in [0.4, 0.5) is 0 Å². The first-order chi connectivity index (χ1) is 10.3. The van der Waals surface area contributed by atoms with Crippen molar-refractivity contribution in [1.29, 1.82) is 0 Å². The Hall–Kier alpha value is -2.58. The van der Waals surface area contributed by atoms with Crippen molar-refractivity contribution in [3.05, 3.63) is 30.0 Å². The van der Waals surface area contributed by atoms with Crippen molar-refractivity contribution in [2.75, 3.05) is 6.54 Å². The molecule has 0 fully saturated rings. The highest BCUT2D eigenvalue weighted by atomic mass is 16.4. The topological polar surface area (TPSA) is 163 Å². The summed E-state index contributed by atoms with van der Waals surface area (Å²) in [4.78, 5) is 22.8. The largest absolute Gasteiger partial charge is 0.508 e. The minimum atomic E-state index is -1.29. The molecular formula is C14H19N3O5. The number of carboxylic acid groups (broad SMARTS) is 2. The summed E-state index contributed by atoms with van der Waals surface area (Å²) in [5, 5.41) is 26.4. The van der Waals surface area contributed by atoms with E-state index in [2.05, 4.69) is 4.98 Å². The molecule has 0 bridgehead atoms. The number of nitrogens with one attached hydrogen (secondary N) is 1. The van der Waals surface area contributed by atoms with E-state index in [0.717, 1.165) is 22.9 Å². The first kappa shape index (κ1) is 17.5. The summed E-state index contributed by atoms with van der Waals surface area (Å²) >= 11 is 0. The predicted molar refractivity (Wildman–Crippen MR) is 80.6 cm³/mol. The molecule has 0 aliphatic carbocycles. The molecule has 1 unspecified atom stereocenters. The van der Waals surface area contributed by atoms with Gasteiger partial charge in [0.2, 0.25) is 0 Å². The van der Waals surface area contributed by atoms with Gasteiger partial charge in [-0.15, -0.1) is 0 Å². The number of aromatic hydroxyl groups is 1. The van der Waals surface area contributed by atoms with Gasteiger partial charge in [-0.2, -0.15) is 0 Å².